The van der Waals surface area contributed by atoms with E-state index in [0.29, 0.717) is 5.92 Å². The number of benzene rings is 9. The molecule has 1 nitrogen and oxygen atoms in total. The summed E-state index contributed by atoms with van der Waals surface area (Å²) in [5, 5.41) is 13.2. The van der Waals surface area contributed by atoms with Crippen LogP contribution in [-0.2, 0) is 0 Å². The Bertz CT molecular complexity index is 2960. The van der Waals surface area contributed by atoms with Crippen molar-refractivity contribution in [3.8, 4) is 27.9 Å². The molecule has 0 spiro atoms. The molecule has 252 valence electrons. The number of hydrogen-bond acceptors (Lipinski definition) is 0. The van der Waals surface area contributed by atoms with Crippen molar-refractivity contribution in [2.75, 3.05) is 0 Å². The van der Waals surface area contributed by atoms with Crippen LogP contribution in [0.3, 0.4) is 0 Å². The molecule has 0 N–H and O–H groups in total. The van der Waals surface area contributed by atoms with Crippen LogP contribution in [0, 0.1) is 0 Å². The van der Waals surface area contributed by atoms with Gasteiger partial charge in [0.25, 0.3) is 0 Å². The van der Waals surface area contributed by atoms with Crippen molar-refractivity contribution in [3.05, 3.63) is 175 Å². The van der Waals surface area contributed by atoms with Crippen LogP contribution in [0.15, 0.2) is 170 Å². The van der Waals surface area contributed by atoms with E-state index in [1.54, 1.807) is 0 Å². The van der Waals surface area contributed by atoms with Crippen LogP contribution in [-0.4, -0.2) is 4.57 Å². The van der Waals surface area contributed by atoms with Gasteiger partial charge in [-0.1, -0.05) is 177 Å². The zero-order valence-electron chi connectivity index (χ0n) is 29.7. The molecule has 11 rings (SSSR count). The maximum Gasteiger partial charge on any atom is 0.0622 e. The van der Waals surface area contributed by atoms with Gasteiger partial charge in [0.2, 0.25) is 0 Å². The van der Waals surface area contributed by atoms with Gasteiger partial charge in [-0.3, -0.25) is 0 Å². The molecule has 1 fully saturated rings. The molecule has 9 aromatic carbocycles. The molecular weight excluding hydrogens is 639 g/mol. The van der Waals surface area contributed by atoms with Crippen LogP contribution in [0.2, 0.25) is 0 Å². The highest BCUT2D eigenvalue weighted by molar-refractivity contribution is 6.25. The minimum absolute atomic E-state index is 0.587. The molecule has 0 atom stereocenters. The SMILES string of the molecule is c1ccc(-c2c3ccccc3c(-c3ccc(-n4c5c6ccccc6ccc5c5c(C6CCCCC6)cc6ccccc6c54)cc3)c3ccccc23)cc1. The summed E-state index contributed by atoms with van der Waals surface area (Å²) < 4.78 is 2.60. The Morgan fingerprint density at radius 2 is 0.887 bits per heavy atom. The van der Waals surface area contributed by atoms with Crippen molar-refractivity contribution >= 4 is 64.9 Å². The highest BCUT2D eigenvalue weighted by atomic mass is 15.0. The van der Waals surface area contributed by atoms with Gasteiger partial charge in [-0.25, -0.2) is 0 Å². The first kappa shape index (κ1) is 30.4. The van der Waals surface area contributed by atoms with E-state index in [1.165, 1.54) is 131 Å². The summed E-state index contributed by atoms with van der Waals surface area (Å²) in [6.07, 6.45) is 6.53. The van der Waals surface area contributed by atoms with E-state index in [-0.39, 0.29) is 0 Å². The number of nitrogens with zero attached hydrogens (tertiary/aromatic N) is 1. The summed E-state index contributed by atoms with van der Waals surface area (Å²) in [7, 11) is 0. The van der Waals surface area contributed by atoms with Gasteiger partial charge in [0.05, 0.1) is 11.0 Å². The first-order valence-corrected chi connectivity index (χ1v) is 19.3. The van der Waals surface area contributed by atoms with Crippen molar-refractivity contribution in [1.29, 1.82) is 0 Å². The Labute approximate surface area is 309 Å². The van der Waals surface area contributed by atoms with E-state index in [1.807, 2.05) is 0 Å². The van der Waals surface area contributed by atoms with Crippen molar-refractivity contribution in [1.82, 2.24) is 4.57 Å². The van der Waals surface area contributed by atoms with Gasteiger partial charge < -0.3 is 4.57 Å². The second-order valence-corrected chi connectivity index (χ2v) is 15.0. The van der Waals surface area contributed by atoms with Crippen LogP contribution in [0.1, 0.15) is 43.6 Å². The molecule has 0 saturated heterocycles. The van der Waals surface area contributed by atoms with E-state index in [4.69, 9.17) is 0 Å². The minimum Gasteiger partial charge on any atom is -0.308 e. The molecule has 1 heterocycles. The fourth-order valence-electron chi connectivity index (χ4n) is 9.80. The lowest BCUT2D eigenvalue weighted by molar-refractivity contribution is 0.446. The molecule has 1 aliphatic rings. The first-order valence-electron chi connectivity index (χ1n) is 19.3. The zero-order valence-corrected chi connectivity index (χ0v) is 29.7. The summed E-state index contributed by atoms with van der Waals surface area (Å²) >= 11 is 0. The predicted molar refractivity (Wildman–Crippen MR) is 228 cm³/mol. The predicted octanol–water partition coefficient (Wildman–Crippen LogP) is 14.8. The highest BCUT2D eigenvalue weighted by Crippen LogP contribution is 2.47. The van der Waals surface area contributed by atoms with E-state index in [9.17, 15) is 0 Å². The standard InChI is InChI=1S/C52H39N/c1-3-15-34(16-4-1)47-33-38-20-8-10-22-41(38)52-50(47)46-32-29-35-17-7-9-21-40(35)51(46)53(52)39-30-27-37(28-31-39)49-44-25-13-11-23-42(44)48(36-18-5-2-6-19-36)43-24-12-14-26-45(43)49/h2,5-14,17-34H,1,3-4,15-16H2. The fourth-order valence-corrected chi connectivity index (χ4v) is 9.80. The largest absolute Gasteiger partial charge is 0.308 e. The van der Waals surface area contributed by atoms with Gasteiger partial charge in [-0.2, -0.15) is 0 Å². The number of rotatable bonds is 4. The third-order valence-electron chi connectivity index (χ3n) is 12.1. The quantitative estimate of drug-likeness (QED) is 0.163. The lowest BCUT2D eigenvalue weighted by atomic mass is 9.81. The molecule has 0 amide bonds. The molecule has 0 bridgehead atoms. The third-order valence-corrected chi connectivity index (χ3v) is 12.1. The second kappa shape index (κ2) is 12.2. The topological polar surface area (TPSA) is 4.93 Å². The maximum absolute atomic E-state index is 2.60. The van der Waals surface area contributed by atoms with Gasteiger partial charge in [-0.15, -0.1) is 0 Å². The van der Waals surface area contributed by atoms with Gasteiger partial charge in [0.1, 0.15) is 0 Å². The molecule has 1 aromatic heterocycles. The molecule has 0 unspecified atom stereocenters. The van der Waals surface area contributed by atoms with Crippen molar-refractivity contribution in [2.24, 2.45) is 0 Å². The van der Waals surface area contributed by atoms with Crippen molar-refractivity contribution in [2.45, 2.75) is 38.0 Å². The average Bonchev–Trinajstić information content (AvgIpc) is 3.59. The molecule has 1 heteroatoms. The van der Waals surface area contributed by atoms with Crippen LogP contribution in [0.4, 0.5) is 0 Å². The molecule has 0 radical (unpaired) electrons. The Morgan fingerprint density at radius 1 is 0.377 bits per heavy atom. The molecule has 1 saturated carbocycles. The first-order chi connectivity index (χ1) is 26.3. The normalized spacial score (nSPS) is 14.0. The number of fused-ring (bicyclic) bond motifs is 9. The molecule has 1 aliphatic carbocycles. The summed E-state index contributed by atoms with van der Waals surface area (Å²) in [6, 6.07) is 63.5. The summed E-state index contributed by atoms with van der Waals surface area (Å²) in [5.74, 6) is 0.587. The van der Waals surface area contributed by atoms with E-state index >= 15 is 0 Å². The van der Waals surface area contributed by atoms with E-state index in [2.05, 4.69) is 174 Å². The number of hydrogen-bond donors (Lipinski definition) is 0. The number of aromatic nitrogens is 1. The molecule has 10 aromatic rings. The van der Waals surface area contributed by atoms with E-state index in [0.717, 1.165) is 0 Å². The second-order valence-electron chi connectivity index (χ2n) is 15.0. The molecule has 53 heavy (non-hydrogen) atoms. The lowest BCUT2D eigenvalue weighted by Crippen LogP contribution is -2.05. The fraction of sp³-hybridized carbons (Fsp3) is 0.115. The van der Waals surface area contributed by atoms with Crippen molar-refractivity contribution < 1.29 is 0 Å². The average molecular weight is 678 g/mol. The van der Waals surface area contributed by atoms with E-state index < -0.39 is 0 Å². The van der Waals surface area contributed by atoms with Crippen LogP contribution in [0.25, 0.3) is 92.8 Å². The Balaban J connectivity index is 1.20. The van der Waals surface area contributed by atoms with Gasteiger partial charge >= 0.3 is 0 Å². The lowest BCUT2D eigenvalue weighted by Gasteiger charge is -2.24. The van der Waals surface area contributed by atoms with Crippen LogP contribution < -0.4 is 0 Å². The minimum atomic E-state index is 0.587. The van der Waals surface area contributed by atoms with Crippen LogP contribution >= 0.6 is 0 Å². The summed E-state index contributed by atoms with van der Waals surface area (Å²) in [6.45, 7) is 0. The third kappa shape index (κ3) is 4.70. The summed E-state index contributed by atoms with van der Waals surface area (Å²) in [4.78, 5) is 0. The molecular formula is C52H39N. The molecule has 0 aliphatic heterocycles. The van der Waals surface area contributed by atoms with Crippen LogP contribution in [0.5, 0.6) is 0 Å². The monoisotopic (exact) mass is 677 g/mol. The zero-order chi connectivity index (χ0) is 34.9. The Kier molecular flexibility index (Phi) is 7.01. The maximum atomic E-state index is 2.60. The van der Waals surface area contributed by atoms with Gasteiger partial charge in [0.15, 0.2) is 0 Å². The smallest absolute Gasteiger partial charge is 0.0622 e. The van der Waals surface area contributed by atoms with Gasteiger partial charge in [0, 0.05) is 27.2 Å². The Morgan fingerprint density at radius 3 is 1.51 bits per heavy atom. The van der Waals surface area contributed by atoms with Gasteiger partial charge in [-0.05, 0) is 91.0 Å². The van der Waals surface area contributed by atoms with Crippen molar-refractivity contribution in [3.63, 3.8) is 0 Å². The Hall–Kier alpha value is -6.18. The summed E-state index contributed by atoms with van der Waals surface area (Å²) in [5.41, 5.74) is 10.5. The highest BCUT2D eigenvalue weighted by Gasteiger charge is 2.25.